The topological polar surface area (TPSA) is 42.7 Å². The van der Waals surface area contributed by atoms with Crippen LogP contribution in [-0.2, 0) is 0 Å². The molecular weight excluding hydrogens is 264 g/mol. The third-order valence-electron chi connectivity index (χ3n) is 2.57. The van der Waals surface area contributed by atoms with Crippen molar-refractivity contribution in [2.45, 2.75) is 6.92 Å². The Labute approximate surface area is 113 Å². The van der Waals surface area contributed by atoms with Gasteiger partial charge in [0.15, 0.2) is 10.2 Å². The van der Waals surface area contributed by atoms with Crippen LogP contribution >= 0.6 is 23.6 Å². The van der Waals surface area contributed by atoms with Crippen molar-refractivity contribution in [3.05, 3.63) is 42.5 Å². The predicted octanol–water partition coefficient (Wildman–Crippen LogP) is 3.05. The second kappa shape index (κ2) is 4.47. The van der Waals surface area contributed by atoms with Crippen molar-refractivity contribution in [3.8, 4) is 0 Å². The molecule has 3 aromatic rings. The average Bonchev–Trinajstić information content (AvgIpc) is 2.97. The van der Waals surface area contributed by atoms with Gasteiger partial charge in [0.25, 0.3) is 0 Å². The second-order valence-electron chi connectivity index (χ2n) is 3.84. The van der Waals surface area contributed by atoms with Gasteiger partial charge >= 0.3 is 0 Å². The molecule has 4 nitrogen and oxygen atoms in total. The summed E-state index contributed by atoms with van der Waals surface area (Å²) in [7, 11) is 0. The normalized spacial score (nSPS) is 10.7. The highest BCUT2D eigenvalue weighted by molar-refractivity contribution is 7.80. The lowest BCUT2D eigenvalue weighted by molar-refractivity contribution is 1.15. The van der Waals surface area contributed by atoms with Gasteiger partial charge in [-0.2, -0.15) is 0 Å². The third-order valence-corrected chi connectivity index (χ3v) is 3.82. The summed E-state index contributed by atoms with van der Waals surface area (Å²) in [4.78, 5) is 8.51. The average molecular weight is 274 g/mol. The molecule has 1 N–H and O–H groups in total. The van der Waals surface area contributed by atoms with E-state index >= 15 is 0 Å². The summed E-state index contributed by atoms with van der Waals surface area (Å²) in [5.74, 6) is 0. The Morgan fingerprint density at radius 3 is 3.06 bits per heavy atom. The van der Waals surface area contributed by atoms with Crippen molar-refractivity contribution in [2.24, 2.45) is 0 Å². The SMILES string of the molecule is Cc1cccc2sc(NC(=S)n3ccnc3)nc12. The van der Waals surface area contributed by atoms with E-state index in [0.717, 1.165) is 15.3 Å². The lowest BCUT2D eigenvalue weighted by Crippen LogP contribution is -2.17. The minimum atomic E-state index is 0.573. The van der Waals surface area contributed by atoms with Crippen molar-refractivity contribution in [3.63, 3.8) is 0 Å². The Bertz CT molecular complexity index is 700. The van der Waals surface area contributed by atoms with Crippen LogP contribution in [0.4, 0.5) is 5.13 Å². The number of fused-ring (bicyclic) bond motifs is 1. The zero-order valence-corrected chi connectivity index (χ0v) is 11.3. The molecule has 0 fully saturated rings. The van der Waals surface area contributed by atoms with E-state index in [1.54, 1.807) is 34.6 Å². The molecule has 6 heteroatoms. The second-order valence-corrected chi connectivity index (χ2v) is 5.26. The van der Waals surface area contributed by atoms with Gasteiger partial charge in [-0.25, -0.2) is 9.97 Å². The molecule has 0 saturated heterocycles. The molecule has 0 aliphatic carbocycles. The first kappa shape index (κ1) is 11.3. The predicted molar refractivity (Wildman–Crippen MR) is 78.2 cm³/mol. The Morgan fingerprint density at radius 1 is 1.44 bits per heavy atom. The highest BCUT2D eigenvalue weighted by atomic mass is 32.1. The lowest BCUT2D eigenvalue weighted by Gasteiger charge is -2.03. The van der Waals surface area contributed by atoms with E-state index in [0.29, 0.717) is 5.11 Å². The number of imidazole rings is 1. The van der Waals surface area contributed by atoms with Crippen LogP contribution in [0.25, 0.3) is 10.2 Å². The van der Waals surface area contributed by atoms with E-state index in [1.165, 1.54) is 5.56 Å². The van der Waals surface area contributed by atoms with E-state index in [1.807, 2.05) is 6.07 Å². The summed E-state index contributed by atoms with van der Waals surface area (Å²) >= 11 is 6.87. The van der Waals surface area contributed by atoms with Crippen molar-refractivity contribution >= 4 is 44.0 Å². The first-order valence-corrected chi connectivity index (χ1v) is 6.62. The van der Waals surface area contributed by atoms with Crippen molar-refractivity contribution in [1.82, 2.24) is 14.5 Å². The molecule has 0 radical (unpaired) electrons. The smallest absolute Gasteiger partial charge is 0.190 e. The molecule has 3 rings (SSSR count). The zero-order valence-electron chi connectivity index (χ0n) is 9.62. The number of anilines is 1. The minimum Gasteiger partial charge on any atom is -0.308 e. The largest absolute Gasteiger partial charge is 0.308 e. The molecule has 2 heterocycles. The van der Waals surface area contributed by atoms with E-state index in [-0.39, 0.29) is 0 Å². The molecule has 0 saturated carbocycles. The van der Waals surface area contributed by atoms with Crippen molar-refractivity contribution in [1.29, 1.82) is 0 Å². The van der Waals surface area contributed by atoms with Gasteiger partial charge in [0.1, 0.15) is 6.33 Å². The van der Waals surface area contributed by atoms with Crippen LogP contribution in [-0.4, -0.2) is 19.6 Å². The van der Waals surface area contributed by atoms with Gasteiger partial charge in [-0.15, -0.1) is 0 Å². The summed E-state index contributed by atoms with van der Waals surface area (Å²) in [5, 5.41) is 4.50. The van der Waals surface area contributed by atoms with Gasteiger partial charge < -0.3 is 5.32 Å². The van der Waals surface area contributed by atoms with Crippen molar-refractivity contribution < 1.29 is 0 Å². The number of thiocarbonyl (C=S) groups is 1. The maximum Gasteiger partial charge on any atom is 0.190 e. The number of nitrogens with zero attached hydrogens (tertiary/aromatic N) is 3. The van der Waals surface area contributed by atoms with Gasteiger partial charge in [-0.1, -0.05) is 23.5 Å². The molecule has 0 atom stereocenters. The van der Waals surface area contributed by atoms with Crippen LogP contribution in [0.15, 0.2) is 36.9 Å². The standard InChI is InChI=1S/C12H10N4S2/c1-8-3-2-4-9-10(8)14-11(18-9)15-12(17)16-6-5-13-7-16/h2-7H,1H3,(H,14,15,17). The van der Waals surface area contributed by atoms with Crippen molar-refractivity contribution in [2.75, 3.05) is 5.32 Å². The quantitative estimate of drug-likeness (QED) is 0.693. The number of hydrogen-bond donors (Lipinski definition) is 1. The number of benzene rings is 1. The van der Waals surface area contributed by atoms with E-state index < -0.39 is 0 Å². The highest BCUT2D eigenvalue weighted by Gasteiger charge is 2.07. The first-order chi connectivity index (χ1) is 8.74. The van der Waals surface area contributed by atoms with Crippen LogP contribution < -0.4 is 5.32 Å². The number of nitrogens with one attached hydrogen (secondary N) is 1. The molecule has 18 heavy (non-hydrogen) atoms. The number of rotatable bonds is 1. The van der Waals surface area contributed by atoms with Gasteiger partial charge in [0.05, 0.1) is 10.2 Å². The fourth-order valence-electron chi connectivity index (χ4n) is 1.67. The molecule has 0 unspecified atom stereocenters. The summed E-state index contributed by atoms with van der Waals surface area (Å²) in [5.41, 5.74) is 2.20. The summed E-state index contributed by atoms with van der Waals surface area (Å²) < 4.78 is 2.90. The maximum atomic E-state index is 5.27. The minimum absolute atomic E-state index is 0.573. The summed E-state index contributed by atoms with van der Waals surface area (Å²) in [6.45, 7) is 2.06. The molecule has 0 amide bonds. The molecular formula is C12H10N4S2. The van der Waals surface area contributed by atoms with Crippen LogP contribution in [0.1, 0.15) is 5.56 Å². The number of para-hydroxylation sites is 1. The van der Waals surface area contributed by atoms with Crippen LogP contribution in [0.3, 0.4) is 0 Å². The van der Waals surface area contributed by atoms with E-state index in [9.17, 15) is 0 Å². The Morgan fingerprint density at radius 2 is 2.33 bits per heavy atom. The van der Waals surface area contributed by atoms with Gasteiger partial charge in [0.2, 0.25) is 0 Å². The van der Waals surface area contributed by atoms with Gasteiger partial charge in [-0.3, -0.25) is 4.57 Å². The zero-order chi connectivity index (χ0) is 12.5. The summed E-state index contributed by atoms with van der Waals surface area (Å²) in [6, 6.07) is 6.15. The molecule has 90 valence electrons. The van der Waals surface area contributed by atoms with E-state index in [2.05, 4.69) is 34.3 Å². The van der Waals surface area contributed by atoms with Gasteiger partial charge in [0, 0.05) is 12.4 Å². The Kier molecular flexibility index (Phi) is 2.81. The maximum absolute atomic E-state index is 5.27. The fourth-order valence-corrected chi connectivity index (χ4v) is 2.89. The molecule has 1 aromatic carbocycles. The number of aromatic nitrogens is 3. The molecule has 0 aliphatic heterocycles. The molecule has 0 aliphatic rings. The molecule has 0 spiro atoms. The Hall–Kier alpha value is -1.79. The van der Waals surface area contributed by atoms with Crippen LogP contribution in [0, 0.1) is 6.92 Å². The molecule has 2 aromatic heterocycles. The molecule has 0 bridgehead atoms. The lowest BCUT2D eigenvalue weighted by atomic mass is 10.2. The summed E-state index contributed by atoms with van der Waals surface area (Å²) in [6.07, 6.45) is 5.15. The highest BCUT2D eigenvalue weighted by Crippen LogP contribution is 2.27. The first-order valence-electron chi connectivity index (χ1n) is 5.39. The van der Waals surface area contributed by atoms with E-state index in [4.69, 9.17) is 12.2 Å². The monoisotopic (exact) mass is 274 g/mol. The Balaban J connectivity index is 1.92. The van der Waals surface area contributed by atoms with Crippen LogP contribution in [0.5, 0.6) is 0 Å². The third kappa shape index (κ3) is 2.00. The number of hydrogen-bond acceptors (Lipinski definition) is 4. The number of aryl methyl sites for hydroxylation is 1. The number of thiazole rings is 1. The van der Waals surface area contributed by atoms with Crippen LogP contribution in [0.2, 0.25) is 0 Å². The fraction of sp³-hybridized carbons (Fsp3) is 0.0833. The van der Waals surface area contributed by atoms with Gasteiger partial charge in [-0.05, 0) is 30.8 Å².